The van der Waals surface area contributed by atoms with Gasteiger partial charge in [0, 0.05) is 11.6 Å². The Morgan fingerprint density at radius 1 is 1.30 bits per heavy atom. The van der Waals surface area contributed by atoms with Gasteiger partial charge >= 0.3 is 5.69 Å². The molecule has 0 aliphatic carbocycles. The van der Waals surface area contributed by atoms with E-state index >= 15 is 0 Å². The molecule has 2 rings (SSSR count). The van der Waals surface area contributed by atoms with E-state index in [1.165, 1.54) is 21.6 Å². The molecule has 1 aromatic carbocycles. The maximum absolute atomic E-state index is 12.2. The maximum Gasteiger partial charge on any atom is 0.346 e. The van der Waals surface area contributed by atoms with Crippen molar-refractivity contribution < 1.29 is 4.92 Å². The van der Waals surface area contributed by atoms with Crippen molar-refractivity contribution in [1.82, 2.24) is 14.3 Å². The second kappa shape index (κ2) is 4.92. The van der Waals surface area contributed by atoms with Crippen LogP contribution in [0.15, 0.2) is 35.4 Å². The summed E-state index contributed by atoms with van der Waals surface area (Å²) in [4.78, 5) is 22.7. The summed E-state index contributed by atoms with van der Waals surface area (Å²) in [6.07, 6.45) is 1.41. The highest BCUT2D eigenvalue weighted by molar-refractivity contribution is 5.39. The van der Waals surface area contributed by atoms with Gasteiger partial charge < -0.3 is 0 Å². The highest BCUT2D eigenvalue weighted by Crippen LogP contribution is 2.18. The maximum atomic E-state index is 12.2. The Hall–Kier alpha value is -2.44. The third-order valence-electron chi connectivity index (χ3n) is 2.90. The van der Waals surface area contributed by atoms with Gasteiger partial charge in [0.2, 0.25) is 0 Å². The topological polar surface area (TPSA) is 83.0 Å². The zero-order valence-electron chi connectivity index (χ0n) is 11.6. The highest BCUT2D eigenvalue weighted by Gasteiger charge is 2.20. The third-order valence-corrected chi connectivity index (χ3v) is 2.90. The van der Waals surface area contributed by atoms with E-state index in [-0.39, 0.29) is 17.9 Å². The van der Waals surface area contributed by atoms with E-state index in [2.05, 4.69) is 5.10 Å². The van der Waals surface area contributed by atoms with Gasteiger partial charge in [-0.05, 0) is 20.8 Å². The molecule has 0 spiro atoms. The summed E-state index contributed by atoms with van der Waals surface area (Å²) in [6.45, 7) is 5.75. The molecule has 0 fully saturated rings. The Morgan fingerprint density at radius 3 is 2.50 bits per heavy atom. The standard InChI is InChI=1S/C13H16N4O3/c1-13(2,3)16-12(18)15(9-14-16)8-10-6-4-5-7-11(10)17(19)20/h4-7,9H,8H2,1-3H3. The minimum atomic E-state index is -0.450. The Kier molecular flexibility index (Phi) is 3.44. The summed E-state index contributed by atoms with van der Waals surface area (Å²) in [5.74, 6) is 0. The monoisotopic (exact) mass is 276 g/mol. The molecular weight excluding hydrogens is 260 g/mol. The van der Waals surface area contributed by atoms with E-state index in [1.807, 2.05) is 20.8 Å². The molecule has 2 aromatic rings. The largest absolute Gasteiger partial charge is 0.346 e. The quantitative estimate of drug-likeness (QED) is 0.631. The Bertz CT molecular complexity index is 694. The first-order chi connectivity index (χ1) is 9.30. The van der Waals surface area contributed by atoms with Crippen molar-refractivity contribution >= 4 is 5.69 Å². The first kappa shape index (κ1) is 14.0. The fourth-order valence-electron chi connectivity index (χ4n) is 1.91. The second-order valence-corrected chi connectivity index (χ2v) is 5.51. The summed E-state index contributed by atoms with van der Waals surface area (Å²) in [7, 11) is 0. The van der Waals surface area contributed by atoms with Gasteiger partial charge in [0.1, 0.15) is 6.33 Å². The average Bonchev–Trinajstić information content (AvgIpc) is 2.71. The van der Waals surface area contributed by atoms with Crippen LogP contribution in [0, 0.1) is 10.1 Å². The van der Waals surface area contributed by atoms with Crippen molar-refractivity contribution in [2.75, 3.05) is 0 Å². The molecule has 0 amide bonds. The van der Waals surface area contributed by atoms with Gasteiger partial charge in [-0.2, -0.15) is 5.10 Å². The van der Waals surface area contributed by atoms with Crippen LogP contribution in [0.5, 0.6) is 0 Å². The van der Waals surface area contributed by atoms with Crippen molar-refractivity contribution in [3.63, 3.8) is 0 Å². The number of benzene rings is 1. The molecule has 7 nitrogen and oxygen atoms in total. The van der Waals surface area contributed by atoms with Crippen LogP contribution < -0.4 is 5.69 Å². The molecule has 0 unspecified atom stereocenters. The molecule has 1 aromatic heterocycles. The fourth-order valence-corrected chi connectivity index (χ4v) is 1.91. The molecule has 0 radical (unpaired) electrons. The number of para-hydroxylation sites is 1. The lowest BCUT2D eigenvalue weighted by Crippen LogP contribution is -2.35. The van der Waals surface area contributed by atoms with Crippen LogP contribution in [0.25, 0.3) is 0 Å². The van der Waals surface area contributed by atoms with Gasteiger partial charge in [-0.3, -0.25) is 14.7 Å². The summed E-state index contributed by atoms with van der Waals surface area (Å²) >= 11 is 0. The Balaban J connectivity index is 2.40. The zero-order chi connectivity index (χ0) is 14.9. The Labute approximate surface area is 115 Å². The minimum absolute atomic E-state index is 0.00269. The molecule has 0 aliphatic heterocycles. The van der Waals surface area contributed by atoms with Gasteiger partial charge in [-0.1, -0.05) is 18.2 Å². The first-order valence-corrected chi connectivity index (χ1v) is 6.18. The van der Waals surface area contributed by atoms with Gasteiger partial charge in [-0.25, -0.2) is 9.48 Å². The van der Waals surface area contributed by atoms with E-state index in [0.29, 0.717) is 5.56 Å². The van der Waals surface area contributed by atoms with Crippen LogP contribution in [-0.4, -0.2) is 19.3 Å². The van der Waals surface area contributed by atoms with E-state index < -0.39 is 10.5 Å². The summed E-state index contributed by atoms with van der Waals surface area (Å²) in [6, 6.07) is 6.37. The van der Waals surface area contributed by atoms with Crippen LogP contribution in [0.3, 0.4) is 0 Å². The van der Waals surface area contributed by atoms with Gasteiger partial charge in [0.15, 0.2) is 0 Å². The number of hydrogen-bond donors (Lipinski definition) is 0. The van der Waals surface area contributed by atoms with E-state index in [1.54, 1.807) is 18.2 Å². The number of nitrogens with zero attached hydrogens (tertiary/aromatic N) is 4. The second-order valence-electron chi connectivity index (χ2n) is 5.51. The number of rotatable bonds is 3. The van der Waals surface area contributed by atoms with E-state index in [0.717, 1.165) is 0 Å². The lowest BCUT2D eigenvalue weighted by Gasteiger charge is -2.16. The number of aromatic nitrogens is 3. The van der Waals surface area contributed by atoms with E-state index in [9.17, 15) is 14.9 Å². The predicted molar refractivity (Wildman–Crippen MR) is 73.7 cm³/mol. The molecule has 7 heteroatoms. The summed E-state index contributed by atoms with van der Waals surface area (Å²) in [5.41, 5.74) is -0.225. The molecule has 0 aliphatic rings. The molecule has 0 atom stereocenters. The normalized spacial score (nSPS) is 11.6. The number of nitro benzene ring substituents is 1. The molecule has 106 valence electrons. The van der Waals surface area contributed by atoms with Crippen LogP contribution in [-0.2, 0) is 12.1 Å². The van der Waals surface area contributed by atoms with Crippen LogP contribution in [0.1, 0.15) is 26.3 Å². The van der Waals surface area contributed by atoms with Crippen LogP contribution in [0.4, 0.5) is 5.69 Å². The van der Waals surface area contributed by atoms with Gasteiger partial charge in [0.05, 0.1) is 17.0 Å². The van der Waals surface area contributed by atoms with Crippen LogP contribution >= 0.6 is 0 Å². The number of hydrogen-bond acceptors (Lipinski definition) is 4. The smallest absolute Gasteiger partial charge is 0.277 e. The predicted octanol–water partition coefficient (Wildman–Crippen LogP) is 1.76. The molecule has 0 saturated heterocycles. The fraction of sp³-hybridized carbons (Fsp3) is 0.385. The molecule has 0 saturated carbocycles. The van der Waals surface area contributed by atoms with Crippen molar-refractivity contribution in [2.24, 2.45) is 0 Å². The van der Waals surface area contributed by atoms with Crippen molar-refractivity contribution in [3.05, 3.63) is 56.8 Å². The molecule has 1 heterocycles. The van der Waals surface area contributed by atoms with Crippen LogP contribution in [0.2, 0.25) is 0 Å². The van der Waals surface area contributed by atoms with Gasteiger partial charge in [-0.15, -0.1) is 0 Å². The van der Waals surface area contributed by atoms with Crippen molar-refractivity contribution in [1.29, 1.82) is 0 Å². The van der Waals surface area contributed by atoms with E-state index in [4.69, 9.17) is 0 Å². The average molecular weight is 276 g/mol. The zero-order valence-corrected chi connectivity index (χ0v) is 11.6. The molecule has 20 heavy (non-hydrogen) atoms. The first-order valence-electron chi connectivity index (χ1n) is 6.18. The molecular formula is C13H16N4O3. The minimum Gasteiger partial charge on any atom is -0.277 e. The summed E-state index contributed by atoms with van der Waals surface area (Å²) < 4.78 is 2.73. The molecule has 0 N–H and O–H groups in total. The Morgan fingerprint density at radius 2 is 1.95 bits per heavy atom. The van der Waals surface area contributed by atoms with Crippen molar-refractivity contribution in [2.45, 2.75) is 32.9 Å². The molecule has 0 bridgehead atoms. The van der Waals surface area contributed by atoms with Crippen molar-refractivity contribution in [3.8, 4) is 0 Å². The lowest BCUT2D eigenvalue weighted by atomic mass is 10.1. The summed E-state index contributed by atoms with van der Waals surface area (Å²) in [5, 5.41) is 15.0. The third kappa shape index (κ3) is 2.61. The highest BCUT2D eigenvalue weighted by atomic mass is 16.6. The number of nitro groups is 1. The lowest BCUT2D eigenvalue weighted by molar-refractivity contribution is -0.385. The SMILES string of the molecule is CC(C)(C)n1ncn(Cc2ccccc2[N+](=O)[O-])c1=O. The van der Waals surface area contributed by atoms with Gasteiger partial charge in [0.25, 0.3) is 5.69 Å².